The molecule has 1 N–H and O–H groups in total. The van der Waals surface area contributed by atoms with E-state index in [9.17, 15) is 4.79 Å². The summed E-state index contributed by atoms with van der Waals surface area (Å²) in [4.78, 5) is 11.4. The number of carbonyl (C=O) groups is 1. The predicted molar refractivity (Wildman–Crippen MR) is 56.0 cm³/mol. The van der Waals surface area contributed by atoms with Gasteiger partial charge in [0.1, 0.15) is 0 Å². The second kappa shape index (κ2) is 5.27. The number of furan rings is 1. The summed E-state index contributed by atoms with van der Waals surface area (Å²) in [5.74, 6) is 0.464. The number of halogens is 2. The molecule has 1 aromatic heterocycles. The van der Waals surface area contributed by atoms with Crippen LogP contribution in [0.25, 0.3) is 0 Å². The van der Waals surface area contributed by atoms with E-state index in [0.717, 1.165) is 6.42 Å². The molecule has 0 bridgehead atoms. The monoisotopic (exact) mass is 235 g/mol. The molecule has 0 spiro atoms. The smallest absolute Gasteiger partial charge is 0.287 e. The maximum atomic E-state index is 11.4. The average molecular weight is 236 g/mol. The third-order valence-corrected chi connectivity index (χ3v) is 2.14. The minimum Gasteiger partial charge on any atom is -0.440 e. The fraction of sp³-hybridized carbons (Fsp3) is 0.444. The fourth-order valence-electron chi connectivity index (χ4n) is 0.967. The average Bonchev–Trinajstić information content (AvgIpc) is 2.52. The highest BCUT2D eigenvalue weighted by Gasteiger charge is 2.12. The predicted octanol–water partition coefficient (Wildman–Crippen LogP) is 2.68. The van der Waals surface area contributed by atoms with Gasteiger partial charge in [0.25, 0.3) is 5.91 Å². The molecule has 5 heteroatoms. The molecular weight excluding hydrogens is 225 g/mol. The maximum Gasteiger partial charge on any atom is 0.287 e. The molecule has 1 aromatic rings. The molecule has 1 heterocycles. The van der Waals surface area contributed by atoms with Crippen molar-refractivity contribution >= 4 is 29.1 Å². The van der Waals surface area contributed by atoms with Crippen molar-refractivity contribution in [1.29, 1.82) is 0 Å². The zero-order valence-corrected chi connectivity index (χ0v) is 9.23. The summed E-state index contributed by atoms with van der Waals surface area (Å²) in [7, 11) is 0. The van der Waals surface area contributed by atoms with E-state index < -0.39 is 0 Å². The maximum absolute atomic E-state index is 11.4. The van der Waals surface area contributed by atoms with E-state index in [1.54, 1.807) is 0 Å². The van der Waals surface area contributed by atoms with Crippen molar-refractivity contribution < 1.29 is 9.21 Å². The molecule has 0 radical (unpaired) electrons. The third kappa shape index (κ3) is 3.24. The van der Waals surface area contributed by atoms with Crippen molar-refractivity contribution in [3.8, 4) is 0 Å². The van der Waals surface area contributed by atoms with Crippen molar-refractivity contribution in [3.05, 3.63) is 23.1 Å². The van der Waals surface area contributed by atoms with Crippen LogP contribution in [-0.2, 0) is 0 Å². The van der Waals surface area contributed by atoms with Gasteiger partial charge in [-0.15, -0.1) is 11.6 Å². The zero-order chi connectivity index (χ0) is 10.6. The summed E-state index contributed by atoms with van der Waals surface area (Å²) >= 11 is 11.1. The Balaban J connectivity index is 2.50. The Morgan fingerprint density at radius 2 is 2.36 bits per heavy atom. The first kappa shape index (κ1) is 11.4. The van der Waals surface area contributed by atoms with Gasteiger partial charge in [0.15, 0.2) is 11.0 Å². The molecule has 78 valence electrons. The number of alkyl halides is 1. The molecule has 1 amide bonds. The number of amides is 1. The van der Waals surface area contributed by atoms with Crippen LogP contribution in [0.2, 0.25) is 5.22 Å². The Kier molecular flexibility index (Phi) is 4.29. The van der Waals surface area contributed by atoms with Crippen molar-refractivity contribution in [1.82, 2.24) is 5.32 Å². The lowest BCUT2D eigenvalue weighted by Gasteiger charge is -2.10. The van der Waals surface area contributed by atoms with E-state index >= 15 is 0 Å². The lowest BCUT2D eigenvalue weighted by molar-refractivity contribution is 0.0911. The van der Waals surface area contributed by atoms with Crippen LogP contribution < -0.4 is 5.32 Å². The van der Waals surface area contributed by atoms with Gasteiger partial charge in [0.05, 0.1) is 0 Å². The van der Waals surface area contributed by atoms with Crippen LogP contribution in [0.5, 0.6) is 0 Å². The van der Waals surface area contributed by atoms with Gasteiger partial charge in [0.2, 0.25) is 0 Å². The van der Waals surface area contributed by atoms with E-state index in [0.29, 0.717) is 5.88 Å². The molecule has 0 fully saturated rings. The largest absolute Gasteiger partial charge is 0.440 e. The summed E-state index contributed by atoms with van der Waals surface area (Å²) in [6, 6.07) is 3.09. The van der Waals surface area contributed by atoms with Gasteiger partial charge in [-0.3, -0.25) is 4.79 Å². The number of nitrogens with one attached hydrogen (secondary N) is 1. The van der Waals surface area contributed by atoms with Crippen LogP contribution in [0.1, 0.15) is 23.9 Å². The molecule has 3 nitrogen and oxygen atoms in total. The fourth-order valence-corrected chi connectivity index (χ4v) is 1.44. The Morgan fingerprint density at radius 3 is 2.86 bits per heavy atom. The van der Waals surface area contributed by atoms with Crippen molar-refractivity contribution in [3.63, 3.8) is 0 Å². The van der Waals surface area contributed by atoms with E-state index in [1.807, 2.05) is 6.92 Å². The molecule has 0 aliphatic rings. The van der Waals surface area contributed by atoms with Crippen LogP contribution >= 0.6 is 23.2 Å². The number of carbonyl (C=O) groups excluding carboxylic acids is 1. The number of hydrogen-bond acceptors (Lipinski definition) is 2. The summed E-state index contributed by atoms with van der Waals surface area (Å²) in [6.07, 6.45) is 0.724. The standard InChI is InChI=1S/C9H11Cl2NO2/c1-6(4-5-10)12-9(13)7-2-3-8(11)14-7/h2-3,6H,4-5H2,1H3,(H,12,13). The van der Waals surface area contributed by atoms with Gasteiger partial charge in [0, 0.05) is 11.9 Å². The number of hydrogen-bond donors (Lipinski definition) is 1. The van der Waals surface area contributed by atoms with E-state index in [-0.39, 0.29) is 22.9 Å². The van der Waals surface area contributed by atoms with Crippen LogP contribution in [0.15, 0.2) is 16.5 Å². The molecule has 0 aliphatic heterocycles. The highest BCUT2D eigenvalue weighted by atomic mass is 35.5. The minimum absolute atomic E-state index is 0.0314. The lowest BCUT2D eigenvalue weighted by Crippen LogP contribution is -2.32. The van der Waals surface area contributed by atoms with Crippen LogP contribution in [-0.4, -0.2) is 17.8 Å². The van der Waals surface area contributed by atoms with Gasteiger partial charge >= 0.3 is 0 Å². The summed E-state index contributed by atoms with van der Waals surface area (Å²) in [6.45, 7) is 1.88. The van der Waals surface area contributed by atoms with Crippen LogP contribution in [0, 0.1) is 0 Å². The first-order valence-electron chi connectivity index (χ1n) is 4.25. The zero-order valence-electron chi connectivity index (χ0n) is 7.72. The molecule has 14 heavy (non-hydrogen) atoms. The van der Waals surface area contributed by atoms with Crippen molar-refractivity contribution in [2.75, 3.05) is 5.88 Å². The quantitative estimate of drug-likeness (QED) is 0.816. The summed E-state index contributed by atoms with van der Waals surface area (Å²) in [5, 5.41) is 2.94. The molecule has 0 saturated carbocycles. The van der Waals surface area contributed by atoms with Crippen LogP contribution in [0.3, 0.4) is 0 Å². The number of rotatable bonds is 4. The Labute approximate surface area is 92.4 Å². The van der Waals surface area contributed by atoms with E-state index in [2.05, 4.69) is 5.32 Å². The highest BCUT2D eigenvalue weighted by molar-refractivity contribution is 6.29. The van der Waals surface area contributed by atoms with Crippen molar-refractivity contribution in [2.24, 2.45) is 0 Å². The Bertz CT molecular complexity index is 312. The lowest BCUT2D eigenvalue weighted by atomic mass is 10.2. The normalized spacial score (nSPS) is 12.5. The molecule has 0 saturated heterocycles. The van der Waals surface area contributed by atoms with Gasteiger partial charge in [-0.1, -0.05) is 0 Å². The van der Waals surface area contributed by atoms with Crippen molar-refractivity contribution in [2.45, 2.75) is 19.4 Å². The SMILES string of the molecule is CC(CCCl)NC(=O)c1ccc(Cl)o1. The molecule has 0 aromatic carbocycles. The van der Waals surface area contributed by atoms with Gasteiger partial charge < -0.3 is 9.73 Å². The topological polar surface area (TPSA) is 42.2 Å². The summed E-state index contributed by atoms with van der Waals surface area (Å²) < 4.78 is 4.94. The first-order valence-corrected chi connectivity index (χ1v) is 5.17. The highest BCUT2D eigenvalue weighted by Crippen LogP contribution is 2.13. The first-order chi connectivity index (χ1) is 6.63. The molecular formula is C9H11Cl2NO2. The third-order valence-electron chi connectivity index (χ3n) is 1.72. The van der Waals surface area contributed by atoms with Gasteiger partial charge in [-0.2, -0.15) is 0 Å². The molecule has 1 unspecified atom stereocenters. The summed E-state index contributed by atoms with van der Waals surface area (Å²) in [5.41, 5.74) is 0. The molecule has 1 rings (SSSR count). The van der Waals surface area contributed by atoms with Gasteiger partial charge in [-0.05, 0) is 37.1 Å². The molecule has 1 atom stereocenters. The van der Waals surface area contributed by atoms with Crippen LogP contribution in [0.4, 0.5) is 0 Å². The second-order valence-corrected chi connectivity index (χ2v) is 3.71. The Morgan fingerprint density at radius 1 is 1.64 bits per heavy atom. The second-order valence-electron chi connectivity index (χ2n) is 2.96. The van der Waals surface area contributed by atoms with Gasteiger partial charge in [-0.25, -0.2) is 0 Å². The Hall–Kier alpha value is -0.670. The molecule has 0 aliphatic carbocycles. The van der Waals surface area contributed by atoms with E-state index in [4.69, 9.17) is 27.6 Å². The van der Waals surface area contributed by atoms with E-state index in [1.165, 1.54) is 12.1 Å². The minimum atomic E-state index is -0.269.